The van der Waals surface area contributed by atoms with Crippen LogP contribution in [0.2, 0.25) is 0 Å². The molecule has 0 aliphatic heterocycles. The number of furan rings is 1. The van der Waals surface area contributed by atoms with Gasteiger partial charge in [0.15, 0.2) is 0 Å². The topological polar surface area (TPSA) is 21.3 Å². The first-order valence-corrected chi connectivity index (χ1v) is 24.3. The van der Waals surface area contributed by atoms with Crippen LogP contribution in [0.15, 0.2) is 271 Å². The average Bonchev–Trinajstić information content (AvgIpc) is 4.00. The molecule has 71 heavy (non-hydrogen) atoms. The third kappa shape index (κ3) is 6.74. The largest absolute Gasteiger partial charge is 0.455 e. The van der Waals surface area contributed by atoms with Gasteiger partial charge in [0.2, 0.25) is 0 Å². The van der Waals surface area contributed by atoms with Gasteiger partial charge < -0.3 is 13.9 Å². The summed E-state index contributed by atoms with van der Waals surface area (Å²) in [6.45, 7) is 0. The van der Waals surface area contributed by atoms with Crippen LogP contribution in [0.3, 0.4) is 0 Å². The van der Waals surface area contributed by atoms with E-state index >= 15 is 0 Å². The van der Waals surface area contributed by atoms with E-state index in [-0.39, 0.29) is 0 Å². The average molecular weight is 905 g/mol. The van der Waals surface area contributed by atoms with Crippen LogP contribution in [0.5, 0.6) is 0 Å². The molecule has 0 aliphatic carbocycles. The third-order valence-electron chi connectivity index (χ3n) is 14.4. The van der Waals surface area contributed by atoms with E-state index in [4.69, 9.17) is 4.42 Å². The number of rotatable bonds is 8. The summed E-state index contributed by atoms with van der Waals surface area (Å²) in [5, 5.41) is 9.71. The summed E-state index contributed by atoms with van der Waals surface area (Å²) in [6, 6.07) is 96.6. The van der Waals surface area contributed by atoms with Gasteiger partial charge in [0, 0.05) is 49.6 Å². The summed E-state index contributed by atoms with van der Waals surface area (Å²) in [6.07, 6.45) is 0. The molecule has 2 heterocycles. The van der Waals surface area contributed by atoms with Crippen LogP contribution in [-0.4, -0.2) is 4.57 Å². The van der Waals surface area contributed by atoms with Gasteiger partial charge in [0.05, 0.1) is 22.4 Å². The number of benzene rings is 12. The second-order valence-corrected chi connectivity index (χ2v) is 18.4. The minimum Gasteiger partial charge on any atom is -0.455 e. The number of nitrogens with zero attached hydrogens (tertiary/aromatic N) is 2. The minimum absolute atomic E-state index is 0.883. The molecule has 14 aromatic rings. The highest BCUT2D eigenvalue weighted by Gasteiger charge is 2.22. The lowest BCUT2D eigenvalue weighted by molar-refractivity contribution is 0.670. The Hall–Kier alpha value is -9.44. The molecule has 0 spiro atoms. The molecule has 0 radical (unpaired) electrons. The zero-order valence-corrected chi connectivity index (χ0v) is 38.7. The standard InChI is InChI=1S/C68H44N2O/c1-2-20-52-49(17-1)44-62(55-23-4-3-22-54(52)55)48-18-15-19-51(43-48)69(64-31-11-8-26-58(64)60-28-16-29-61-59-27-9-14-34-67(59)71-68(60)61)50-41-39-46(40-42-50)45-35-37-47(38-36-45)53-21-5-10-30-63(53)70-65-32-12-6-24-56(65)57-25-7-13-33-66(57)70/h1-44H. The monoisotopic (exact) mass is 904 g/mol. The quantitative estimate of drug-likeness (QED) is 0.142. The molecule has 0 atom stereocenters. The summed E-state index contributed by atoms with van der Waals surface area (Å²) in [5.74, 6) is 0. The van der Waals surface area contributed by atoms with E-state index in [0.717, 1.165) is 72.5 Å². The molecule has 0 fully saturated rings. The van der Waals surface area contributed by atoms with Crippen molar-refractivity contribution in [3.63, 3.8) is 0 Å². The smallest absolute Gasteiger partial charge is 0.143 e. The molecule has 332 valence electrons. The Labute approximate surface area is 411 Å². The fourth-order valence-electron chi connectivity index (χ4n) is 11.1. The lowest BCUT2D eigenvalue weighted by atomic mass is 9.93. The Bertz CT molecular complexity index is 4290. The van der Waals surface area contributed by atoms with Crippen LogP contribution in [0.4, 0.5) is 17.1 Å². The molecule has 0 N–H and O–H groups in total. The van der Waals surface area contributed by atoms with Gasteiger partial charge in [0.1, 0.15) is 11.2 Å². The van der Waals surface area contributed by atoms with Crippen molar-refractivity contribution < 1.29 is 4.42 Å². The maximum absolute atomic E-state index is 6.68. The maximum atomic E-state index is 6.68. The Morgan fingerprint density at radius 1 is 0.296 bits per heavy atom. The first-order valence-electron chi connectivity index (χ1n) is 24.3. The van der Waals surface area contributed by atoms with Crippen molar-refractivity contribution in [2.75, 3.05) is 4.90 Å². The van der Waals surface area contributed by atoms with Gasteiger partial charge in [-0.2, -0.15) is 0 Å². The highest BCUT2D eigenvalue weighted by molar-refractivity contribution is 6.15. The van der Waals surface area contributed by atoms with Crippen LogP contribution in [0, 0.1) is 0 Å². The molecular weight excluding hydrogens is 861 g/mol. The van der Waals surface area contributed by atoms with Gasteiger partial charge in [-0.25, -0.2) is 0 Å². The fourth-order valence-corrected chi connectivity index (χ4v) is 11.1. The summed E-state index contributed by atoms with van der Waals surface area (Å²) < 4.78 is 9.09. The van der Waals surface area contributed by atoms with Gasteiger partial charge in [-0.1, -0.05) is 206 Å². The third-order valence-corrected chi connectivity index (χ3v) is 14.4. The van der Waals surface area contributed by atoms with E-state index in [1.807, 2.05) is 6.07 Å². The van der Waals surface area contributed by atoms with Crippen molar-refractivity contribution in [1.82, 2.24) is 4.57 Å². The summed E-state index contributed by atoms with van der Waals surface area (Å²) in [7, 11) is 0. The lowest BCUT2D eigenvalue weighted by Gasteiger charge is -2.28. The van der Waals surface area contributed by atoms with E-state index < -0.39 is 0 Å². The number of aromatic nitrogens is 1. The van der Waals surface area contributed by atoms with Crippen molar-refractivity contribution in [3.05, 3.63) is 267 Å². The van der Waals surface area contributed by atoms with Crippen molar-refractivity contribution in [3.8, 4) is 50.2 Å². The molecule has 3 heteroatoms. The highest BCUT2D eigenvalue weighted by Crippen LogP contribution is 2.46. The van der Waals surface area contributed by atoms with Crippen LogP contribution in [-0.2, 0) is 0 Å². The molecule has 12 aromatic carbocycles. The number of anilines is 3. The second kappa shape index (κ2) is 16.7. The SMILES string of the molecule is c1cc(-c2cc3ccccc3c3ccccc23)cc(N(c2ccc(-c3ccc(-c4ccccc4-n4c5ccccc5c5ccccc54)cc3)cc2)c2ccccc2-c2cccc3c2oc2ccccc23)c1. The van der Waals surface area contributed by atoms with Crippen molar-refractivity contribution >= 4 is 82.4 Å². The van der Waals surface area contributed by atoms with Gasteiger partial charge >= 0.3 is 0 Å². The van der Waals surface area contributed by atoms with Crippen molar-refractivity contribution in [2.24, 2.45) is 0 Å². The number of para-hydroxylation sites is 6. The minimum atomic E-state index is 0.883. The number of hydrogen-bond acceptors (Lipinski definition) is 2. The molecule has 0 bridgehead atoms. The maximum Gasteiger partial charge on any atom is 0.143 e. The van der Waals surface area contributed by atoms with E-state index in [1.165, 1.54) is 60.0 Å². The van der Waals surface area contributed by atoms with Crippen LogP contribution in [0.1, 0.15) is 0 Å². The van der Waals surface area contributed by atoms with Gasteiger partial charge in [0.25, 0.3) is 0 Å². The molecule has 0 saturated carbocycles. The Morgan fingerprint density at radius 2 is 0.845 bits per heavy atom. The van der Waals surface area contributed by atoms with E-state index in [1.54, 1.807) is 0 Å². The van der Waals surface area contributed by atoms with Crippen LogP contribution in [0.25, 0.3) is 115 Å². The van der Waals surface area contributed by atoms with Crippen molar-refractivity contribution in [1.29, 1.82) is 0 Å². The summed E-state index contributed by atoms with van der Waals surface area (Å²) in [5.41, 5.74) is 17.7. The molecular formula is C68H44N2O. The molecule has 2 aromatic heterocycles. The number of hydrogen-bond donors (Lipinski definition) is 0. The van der Waals surface area contributed by atoms with Gasteiger partial charge in [-0.3, -0.25) is 0 Å². The van der Waals surface area contributed by atoms with E-state index in [9.17, 15) is 0 Å². The molecule has 3 nitrogen and oxygen atoms in total. The Morgan fingerprint density at radius 3 is 1.62 bits per heavy atom. The van der Waals surface area contributed by atoms with E-state index in [0.29, 0.717) is 0 Å². The Balaban J connectivity index is 0.884. The molecule has 14 rings (SSSR count). The lowest BCUT2D eigenvalue weighted by Crippen LogP contribution is -2.11. The van der Waals surface area contributed by atoms with Crippen LogP contribution >= 0.6 is 0 Å². The number of fused-ring (bicyclic) bond motifs is 9. The second-order valence-electron chi connectivity index (χ2n) is 18.4. The normalized spacial score (nSPS) is 11.7. The predicted molar refractivity (Wildman–Crippen MR) is 299 cm³/mol. The molecule has 0 aliphatic rings. The van der Waals surface area contributed by atoms with Gasteiger partial charge in [-0.15, -0.1) is 0 Å². The Kier molecular flexibility index (Phi) is 9.53. The fraction of sp³-hybridized carbons (Fsp3) is 0. The van der Waals surface area contributed by atoms with E-state index in [2.05, 4.69) is 270 Å². The highest BCUT2D eigenvalue weighted by atomic mass is 16.3. The predicted octanol–water partition coefficient (Wildman–Crippen LogP) is 19.1. The first-order chi connectivity index (χ1) is 35.2. The van der Waals surface area contributed by atoms with Crippen LogP contribution < -0.4 is 4.90 Å². The zero-order chi connectivity index (χ0) is 46.8. The molecule has 0 saturated heterocycles. The summed E-state index contributed by atoms with van der Waals surface area (Å²) in [4.78, 5) is 2.40. The first kappa shape index (κ1) is 40.6. The molecule has 0 amide bonds. The summed E-state index contributed by atoms with van der Waals surface area (Å²) >= 11 is 0. The van der Waals surface area contributed by atoms with Gasteiger partial charge in [-0.05, 0) is 110 Å². The van der Waals surface area contributed by atoms with Crippen molar-refractivity contribution in [2.45, 2.75) is 0 Å². The zero-order valence-electron chi connectivity index (χ0n) is 38.7. The molecule has 0 unspecified atom stereocenters.